The van der Waals surface area contributed by atoms with E-state index in [2.05, 4.69) is 40.1 Å². The highest BCUT2D eigenvalue weighted by Crippen LogP contribution is 2.44. The fourth-order valence-electron chi connectivity index (χ4n) is 4.26. The van der Waals surface area contributed by atoms with Gasteiger partial charge in [-0.3, -0.25) is 4.79 Å². The van der Waals surface area contributed by atoms with Crippen LogP contribution in [0.25, 0.3) is 22.2 Å². The molecule has 1 aliphatic rings. The second-order valence-electron chi connectivity index (χ2n) is 8.65. The summed E-state index contributed by atoms with van der Waals surface area (Å²) in [5.41, 5.74) is 9.30. The van der Waals surface area contributed by atoms with Gasteiger partial charge >= 0.3 is 0 Å². The van der Waals surface area contributed by atoms with Crippen LogP contribution in [0.1, 0.15) is 22.8 Å². The van der Waals surface area contributed by atoms with E-state index in [-0.39, 0.29) is 5.91 Å². The topological polar surface area (TPSA) is 66.4 Å². The molecule has 1 aromatic heterocycles. The largest absolute Gasteiger partial charge is 0.354 e. The molecule has 0 aliphatic carbocycles. The predicted molar refractivity (Wildman–Crippen MR) is 152 cm³/mol. The number of anilines is 2. The number of para-hydroxylation sites is 2. The van der Waals surface area contributed by atoms with Gasteiger partial charge in [0.15, 0.2) is 0 Å². The van der Waals surface area contributed by atoms with Crippen LogP contribution in [0.15, 0.2) is 112 Å². The minimum atomic E-state index is -0.297. The van der Waals surface area contributed by atoms with Crippen molar-refractivity contribution in [1.82, 2.24) is 10.4 Å². The van der Waals surface area contributed by atoms with Crippen LogP contribution in [-0.2, 0) is 0 Å². The van der Waals surface area contributed by atoms with Gasteiger partial charge in [0.05, 0.1) is 33.9 Å². The van der Waals surface area contributed by atoms with E-state index in [0.29, 0.717) is 22.0 Å². The van der Waals surface area contributed by atoms with Crippen molar-refractivity contribution in [3.63, 3.8) is 0 Å². The van der Waals surface area contributed by atoms with E-state index in [1.165, 1.54) is 4.90 Å². The van der Waals surface area contributed by atoms with Crippen LogP contribution in [0.4, 0.5) is 11.4 Å². The molecule has 1 aliphatic heterocycles. The summed E-state index contributed by atoms with van der Waals surface area (Å²) in [5, 5.41) is 9.33. The van der Waals surface area contributed by atoms with Gasteiger partial charge in [-0.15, -0.1) is 0 Å². The Morgan fingerprint density at radius 2 is 1.65 bits per heavy atom. The highest BCUT2D eigenvalue weighted by atomic mass is 35.5. The van der Waals surface area contributed by atoms with Crippen LogP contribution < -0.4 is 10.7 Å². The van der Waals surface area contributed by atoms with Crippen molar-refractivity contribution >= 4 is 57.3 Å². The number of benzene rings is 4. The zero-order valence-corrected chi connectivity index (χ0v) is 21.4. The maximum Gasteiger partial charge on any atom is 0.272 e. The van der Waals surface area contributed by atoms with E-state index in [1.54, 1.807) is 17.8 Å². The lowest BCUT2D eigenvalue weighted by Crippen LogP contribution is -2.20. The molecule has 0 radical (unpaired) electrons. The van der Waals surface area contributed by atoms with Crippen molar-refractivity contribution in [1.29, 1.82) is 0 Å². The molecule has 0 fully saturated rings. The number of halogens is 1. The number of amides is 1. The molecule has 0 bridgehead atoms. The van der Waals surface area contributed by atoms with Crippen LogP contribution in [-0.4, -0.2) is 16.6 Å². The van der Waals surface area contributed by atoms with Gasteiger partial charge in [0, 0.05) is 25.8 Å². The van der Waals surface area contributed by atoms with Gasteiger partial charge in [0.25, 0.3) is 5.91 Å². The molecule has 2 N–H and O–H groups in total. The van der Waals surface area contributed by atoms with E-state index in [4.69, 9.17) is 16.6 Å². The van der Waals surface area contributed by atoms with Crippen molar-refractivity contribution in [3.05, 3.63) is 113 Å². The van der Waals surface area contributed by atoms with Gasteiger partial charge in [-0.2, -0.15) is 5.10 Å². The molecule has 6 rings (SSSR count). The zero-order valence-electron chi connectivity index (χ0n) is 19.8. The molecule has 5 nitrogen and oxygen atoms in total. The van der Waals surface area contributed by atoms with E-state index < -0.39 is 0 Å². The highest BCUT2D eigenvalue weighted by molar-refractivity contribution is 7.99. The van der Waals surface area contributed by atoms with Crippen molar-refractivity contribution in [3.8, 4) is 11.3 Å². The van der Waals surface area contributed by atoms with Gasteiger partial charge in [-0.25, -0.2) is 10.4 Å². The highest BCUT2D eigenvalue weighted by Gasteiger charge is 2.17. The number of rotatable bonds is 4. The number of fused-ring (bicyclic) bond motifs is 3. The summed E-state index contributed by atoms with van der Waals surface area (Å²) in [5.74, 6) is -0.297. The lowest BCUT2D eigenvalue weighted by Gasteiger charge is -2.21. The van der Waals surface area contributed by atoms with Gasteiger partial charge in [0.2, 0.25) is 0 Å². The van der Waals surface area contributed by atoms with Gasteiger partial charge in [0.1, 0.15) is 0 Å². The first-order chi connectivity index (χ1) is 18.0. The van der Waals surface area contributed by atoms with Gasteiger partial charge in [-0.05, 0) is 61.0 Å². The van der Waals surface area contributed by atoms with Crippen LogP contribution >= 0.6 is 23.4 Å². The van der Waals surface area contributed by atoms with E-state index in [1.807, 2.05) is 73.7 Å². The number of hydrogen-bond donors (Lipinski definition) is 2. The Balaban J connectivity index is 1.28. The first-order valence-corrected chi connectivity index (χ1v) is 12.9. The number of aromatic nitrogens is 1. The molecule has 0 unspecified atom stereocenters. The average Bonchev–Trinajstić information content (AvgIpc) is 2.94. The molecule has 4 aromatic carbocycles. The summed E-state index contributed by atoms with van der Waals surface area (Å²) < 4.78 is 0. The average molecular weight is 521 g/mol. The molecule has 0 saturated carbocycles. The molecule has 1 amide bonds. The molecule has 0 saturated heterocycles. The summed E-state index contributed by atoms with van der Waals surface area (Å²) >= 11 is 7.79. The van der Waals surface area contributed by atoms with E-state index in [9.17, 15) is 4.79 Å². The molecule has 180 valence electrons. The molecule has 0 atom stereocenters. The second kappa shape index (κ2) is 9.73. The van der Waals surface area contributed by atoms with Gasteiger partial charge in [-0.1, -0.05) is 71.9 Å². The smallest absolute Gasteiger partial charge is 0.272 e. The summed E-state index contributed by atoms with van der Waals surface area (Å²) in [7, 11) is 0. The Morgan fingerprint density at radius 1 is 0.892 bits per heavy atom. The van der Waals surface area contributed by atoms with E-state index >= 15 is 0 Å². The third kappa shape index (κ3) is 4.69. The van der Waals surface area contributed by atoms with E-state index in [0.717, 1.165) is 38.3 Å². The fraction of sp³-hybridized carbons (Fsp3) is 0.0333. The number of nitrogens with one attached hydrogen (secondary N) is 2. The molecular formula is C30H21ClN4OS. The number of hydrazone groups is 1. The van der Waals surface area contributed by atoms with Crippen LogP contribution in [0, 0.1) is 0 Å². The maximum absolute atomic E-state index is 13.3. The number of carbonyl (C=O) groups excluding carboxylic acids is 1. The molecule has 2 heterocycles. The van der Waals surface area contributed by atoms with Crippen molar-refractivity contribution in [2.75, 3.05) is 5.32 Å². The normalized spacial score (nSPS) is 12.4. The van der Waals surface area contributed by atoms with Crippen LogP contribution in [0.3, 0.4) is 0 Å². The third-order valence-corrected chi connectivity index (χ3v) is 7.60. The summed E-state index contributed by atoms with van der Waals surface area (Å²) in [6.07, 6.45) is 0. The number of pyridine rings is 1. The van der Waals surface area contributed by atoms with Gasteiger partial charge < -0.3 is 5.32 Å². The minimum absolute atomic E-state index is 0.297. The Kier molecular flexibility index (Phi) is 6.12. The lowest BCUT2D eigenvalue weighted by atomic mass is 10.0. The number of nitrogens with zero attached hydrogens (tertiary/aromatic N) is 2. The second-order valence-corrected chi connectivity index (χ2v) is 10.2. The Labute approximate surface area is 223 Å². The fourth-order valence-corrected chi connectivity index (χ4v) is 5.35. The Hall–Kier alpha value is -4.13. The molecular weight excluding hydrogens is 500 g/mol. The summed E-state index contributed by atoms with van der Waals surface area (Å²) in [4.78, 5) is 20.4. The third-order valence-electron chi connectivity index (χ3n) is 6.20. The monoisotopic (exact) mass is 520 g/mol. The quantitative estimate of drug-likeness (QED) is 0.183. The maximum atomic E-state index is 13.3. The molecule has 7 heteroatoms. The Bertz CT molecular complexity index is 1700. The van der Waals surface area contributed by atoms with Crippen molar-refractivity contribution in [2.45, 2.75) is 16.7 Å². The van der Waals surface area contributed by atoms with Crippen molar-refractivity contribution in [2.24, 2.45) is 5.10 Å². The lowest BCUT2D eigenvalue weighted by molar-refractivity contribution is 0.0956. The first kappa shape index (κ1) is 23.3. The molecule has 0 spiro atoms. The SMILES string of the molecule is C/C(=N/NC(=O)c1cc(-c2ccc(Cl)cc2)nc2ccccc12)c1ccc2c(c1)Nc1ccccc1S2. The molecule has 37 heavy (non-hydrogen) atoms. The molecule has 5 aromatic rings. The minimum Gasteiger partial charge on any atom is -0.354 e. The number of carbonyl (C=O) groups is 1. The summed E-state index contributed by atoms with van der Waals surface area (Å²) in [6.45, 7) is 1.88. The summed E-state index contributed by atoms with van der Waals surface area (Å²) in [6, 6.07) is 31.2. The van der Waals surface area contributed by atoms with Crippen LogP contribution in [0.5, 0.6) is 0 Å². The first-order valence-electron chi connectivity index (χ1n) is 11.7. The standard InChI is InChI=1S/C30H21ClN4OS/c1-18(20-12-15-29-27(16-20)33-25-8-4-5-9-28(25)37-29)34-35-30(36)23-17-26(19-10-13-21(31)14-11-19)32-24-7-3-2-6-22(23)24/h2-17,33H,1H3,(H,35,36)/b34-18-. The Morgan fingerprint density at radius 3 is 2.51 bits per heavy atom. The van der Waals surface area contributed by atoms with Crippen molar-refractivity contribution < 1.29 is 4.79 Å². The zero-order chi connectivity index (χ0) is 25.4. The number of hydrogen-bond acceptors (Lipinski definition) is 5. The van der Waals surface area contributed by atoms with Crippen LogP contribution in [0.2, 0.25) is 5.02 Å². The predicted octanol–water partition coefficient (Wildman–Crippen LogP) is 7.92.